The van der Waals surface area contributed by atoms with Crippen LogP contribution < -0.4 is 0 Å². The molecule has 0 aromatic heterocycles. The second kappa shape index (κ2) is 1.72. The SMILES string of the molecule is O=C1OCC(O)C12CCC2. The number of rotatable bonds is 0. The second-order valence-corrected chi connectivity index (χ2v) is 3.12. The van der Waals surface area contributed by atoms with Crippen LogP contribution in [0, 0.1) is 5.41 Å². The van der Waals surface area contributed by atoms with E-state index in [0.29, 0.717) is 0 Å². The topological polar surface area (TPSA) is 46.5 Å². The van der Waals surface area contributed by atoms with Gasteiger partial charge in [0, 0.05) is 0 Å². The van der Waals surface area contributed by atoms with Crippen LogP contribution in [-0.4, -0.2) is 23.8 Å². The molecule has 1 unspecified atom stereocenters. The third-order valence-corrected chi connectivity index (χ3v) is 2.66. The van der Waals surface area contributed by atoms with Gasteiger partial charge in [0.1, 0.15) is 12.7 Å². The highest BCUT2D eigenvalue weighted by atomic mass is 16.6. The van der Waals surface area contributed by atoms with Crippen molar-refractivity contribution in [1.82, 2.24) is 0 Å². The number of ether oxygens (including phenoxy) is 1. The van der Waals surface area contributed by atoms with Gasteiger partial charge in [0.2, 0.25) is 0 Å². The molecule has 0 aromatic rings. The lowest BCUT2D eigenvalue weighted by Gasteiger charge is -2.36. The van der Waals surface area contributed by atoms with Crippen LogP contribution >= 0.6 is 0 Å². The minimum atomic E-state index is -0.534. The minimum Gasteiger partial charge on any atom is -0.462 e. The zero-order chi connectivity index (χ0) is 7.19. The molecule has 0 aromatic carbocycles. The van der Waals surface area contributed by atoms with Crippen LogP contribution in [-0.2, 0) is 9.53 Å². The summed E-state index contributed by atoms with van der Waals surface area (Å²) >= 11 is 0. The highest BCUT2D eigenvalue weighted by Gasteiger charge is 2.55. The fraction of sp³-hybridized carbons (Fsp3) is 0.857. The Morgan fingerprint density at radius 2 is 2.30 bits per heavy atom. The van der Waals surface area contributed by atoms with Gasteiger partial charge in [0.25, 0.3) is 0 Å². The summed E-state index contributed by atoms with van der Waals surface area (Å²) in [6, 6.07) is 0. The van der Waals surface area contributed by atoms with Crippen molar-refractivity contribution in [2.24, 2.45) is 5.41 Å². The van der Waals surface area contributed by atoms with Gasteiger partial charge in [-0.1, -0.05) is 6.42 Å². The Balaban J connectivity index is 2.23. The molecule has 2 rings (SSSR count). The molecule has 1 saturated carbocycles. The van der Waals surface area contributed by atoms with E-state index in [2.05, 4.69) is 0 Å². The molecule has 2 fully saturated rings. The molecule has 56 valence electrons. The first kappa shape index (κ1) is 6.16. The third kappa shape index (κ3) is 0.515. The van der Waals surface area contributed by atoms with Crippen LogP contribution in [0.3, 0.4) is 0 Å². The lowest BCUT2D eigenvalue weighted by molar-refractivity contribution is -0.151. The van der Waals surface area contributed by atoms with Crippen LogP contribution in [0.4, 0.5) is 0 Å². The van der Waals surface area contributed by atoms with Crippen LogP contribution in [0.5, 0.6) is 0 Å². The standard InChI is InChI=1S/C7H10O3/c8-5-4-10-6(9)7(5)2-1-3-7/h5,8H,1-4H2. The summed E-state index contributed by atoms with van der Waals surface area (Å²) in [5.74, 6) is -0.189. The van der Waals surface area contributed by atoms with Gasteiger partial charge in [-0.05, 0) is 12.8 Å². The van der Waals surface area contributed by atoms with E-state index in [1.54, 1.807) is 0 Å². The third-order valence-electron chi connectivity index (χ3n) is 2.66. The fourth-order valence-electron chi connectivity index (χ4n) is 1.69. The number of hydrogen-bond donors (Lipinski definition) is 1. The number of esters is 1. The summed E-state index contributed by atoms with van der Waals surface area (Å²) in [7, 11) is 0. The Morgan fingerprint density at radius 3 is 2.50 bits per heavy atom. The van der Waals surface area contributed by atoms with E-state index in [0.717, 1.165) is 19.3 Å². The molecule has 1 heterocycles. The lowest BCUT2D eigenvalue weighted by atomic mass is 9.66. The zero-order valence-electron chi connectivity index (χ0n) is 5.67. The summed E-state index contributed by atoms with van der Waals surface area (Å²) < 4.78 is 4.73. The van der Waals surface area contributed by atoms with Crippen molar-refractivity contribution in [2.45, 2.75) is 25.4 Å². The first-order valence-corrected chi connectivity index (χ1v) is 3.61. The van der Waals surface area contributed by atoms with Gasteiger partial charge in [-0.2, -0.15) is 0 Å². The molecule has 3 nitrogen and oxygen atoms in total. The molecule has 1 aliphatic heterocycles. The number of aliphatic hydroxyl groups excluding tert-OH is 1. The Morgan fingerprint density at radius 1 is 1.60 bits per heavy atom. The van der Waals surface area contributed by atoms with E-state index in [4.69, 9.17) is 4.74 Å². The van der Waals surface area contributed by atoms with Crippen molar-refractivity contribution in [2.75, 3.05) is 6.61 Å². The minimum absolute atomic E-state index is 0.189. The van der Waals surface area contributed by atoms with Gasteiger partial charge in [0.15, 0.2) is 0 Å². The maximum atomic E-state index is 11.0. The highest BCUT2D eigenvalue weighted by molar-refractivity contribution is 5.80. The molecular weight excluding hydrogens is 132 g/mol. The van der Waals surface area contributed by atoms with E-state index < -0.39 is 11.5 Å². The average Bonchev–Trinajstić information content (AvgIpc) is 2.06. The predicted octanol–water partition coefficient (Wildman–Crippen LogP) is 0.0744. The molecule has 1 N–H and O–H groups in total. The molecule has 10 heavy (non-hydrogen) atoms. The Kier molecular flexibility index (Phi) is 1.06. The first-order chi connectivity index (χ1) is 4.76. The average molecular weight is 142 g/mol. The van der Waals surface area contributed by atoms with Crippen LogP contribution in [0.2, 0.25) is 0 Å². The number of cyclic esters (lactones) is 1. The molecule has 0 radical (unpaired) electrons. The first-order valence-electron chi connectivity index (χ1n) is 3.61. The monoisotopic (exact) mass is 142 g/mol. The molecular formula is C7H10O3. The van der Waals surface area contributed by atoms with E-state index >= 15 is 0 Å². The summed E-state index contributed by atoms with van der Waals surface area (Å²) in [4.78, 5) is 11.0. The van der Waals surface area contributed by atoms with Crippen LogP contribution in [0.15, 0.2) is 0 Å². The van der Waals surface area contributed by atoms with Gasteiger partial charge >= 0.3 is 5.97 Å². The van der Waals surface area contributed by atoms with Gasteiger partial charge in [0.05, 0.1) is 5.41 Å². The predicted molar refractivity (Wildman–Crippen MR) is 33.2 cm³/mol. The van der Waals surface area contributed by atoms with Crippen molar-refractivity contribution in [1.29, 1.82) is 0 Å². The van der Waals surface area contributed by atoms with Crippen molar-refractivity contribution in [3.05, 3.63) is 0 Å². The number of carbonyl (C=O) groups excluding carboxylic acids is 1. The number of hydrogen-bond acceptors (Lipinski definition) is 3. The number of carbonyl (C=O) groups is 1. The molecule has 2 aliphatic rings. The van der Waals surface area contributed by atoms with E-state index in [1.807, 2.05) is 0 Å². The van der Waals surface area contributed by atoms with Crippen molar-refractivity contribution >= 4 is 5.97 Å². The smallest absolute Gasteiger partial charge is 0.314 e. The molecule has 1 atom stereocenters. The van der Waals surface area contributed by atoms with Crippen molar-refractivity contribution in [3.8, 4) is 0 Å². The molecule has 0 amide bonds. The van der Waals surface area contributed by atoms with Crippen molar-refractivity contribution < 1.29 is 14.6 Å². The van der Waals surface area contributed by atoms with Gasteiger partial charge in [-0.15, -0.1) is 0 Å². The van der Waals surface area contributed by atoms with Gasteiger partial charge in [-0.3, -0.25) is 4.79 Å². The Bertz CT molecular complexity index is 172. The summed E-state index contributed by atoms with van der Waals surface area (Å²) in [6.07, 6.45) is 2.14. The molecule has 3 heteroatoms. The Labute approximate surface area is 59.0 Å². The molecule has 1 aliphatic carbocycles. The maximum absolute atomic E-state index is 11.0. The molecule has 1 saturated heterocycles. The number of aliphatic hydroxyl groups is 1. The highest BCUT2D eigenvalue weighted by Crippen LogP contribution is 2.48. The summed E-state index contributed by atoms with van der Waals surface area (Å²) in [5.41, 5.74) is -0.472. The van der Waals surface area contributed by atoms with Crippen molar-refractivity contribution in [3.63, 3.8) is 0 Å². The quantitative estimate of drug-likeness (QED) is 0.487. The molecule has 0 bridgehead atoms. The zero-order valence-corrected chi connectivity index (χ0v) is 5.67. The van der Waals surface area contributed by atoms with Crippen LogP contribution in [0.25, 0.3) is 0 Å². The van der Waals surface area contributed by atoms with Gasteiger partial charge < -0.3 is 9.84 Å². The van der Waals surface area contributed by atoms with E-state index in [9.17, 15) is 9.90 Å². The largest absolute Gasteiger partial charge is 0.462 e. The summed E-state index contributed by atoms with van der Waals surface area (Å²) in [6.45, 7) is 0.207. The van der Waals surface area contributed by atoms with Crippen LogP contribution in [0.1, 0.15) is 19.3 Å². The van der Waals surface area contributed by atoms with E-state index in [-0.39, 0.29) is 12.6 Å². The van der Waals surface area contributed by atoms with E-state index in [1.165, 1.54) is 0 Å². The normalized spacial score (nSPS) is 35.7. The maximum Gasteiger partial charge on any atom is 0.314 e. The summed E-state index contributed by atoms with van der Waals surface area (Å²) in [5, 5.41) is 9.32. The Hall–Kier alpha value is -0.570. The fourth-order valence-corrected chi connectivity index (χ4v) is 1.69. The van der Waals surface area contributed by atoms with Gasteiger partial charge in [-0.25, -0.2) is 0 Å². The second-order valence-electron chi connectivity index (χ2n) is 3.12. The molecule has 1 spiro atoms. The lowest BCUT2D eigenvalue weighted by Crippen LogP contribution is -2.42.